The number of carbonyl (C=O) groups excluding carboxylic acids is 4. The van der Waals surface area contributed by atoms with Crippen molar-refractivity contribution in [1.29, 1.82) is 0 Å². The van der Waals surface area contributed by atoms with Crippen molar-refractivity contribution in [3.8, 4) is 0 Å². The fraction of sp³-hybridized carbons (Fsp3) is 0.923. The van der Waals surface area contributed by atoms with Crippen LogP contribution in [0.2, 0.25) is 26.6 Å². The molecule has 65 heavy (non-hydrogen) atoms. The van der Waals surface area contributed by atoms with Crippen LogP contribution in [0.15, 0.2) is 0 Å². The summed E-state index contributed by atoms with van der Waals surface area (Å²) in [6.45, 7) is 19.9. The summed E-state index contributed by atoms with van der Waals surface area (Å²) >= 11 is -2.19. The molecule has 0 N–H and O–H groups in total. The van der Waals surface area contributed by atoms with E-state index in [1.54, 1.807) is 17.7 Å². The molecule has 0 aliphatic carbocycles. The molecule has 0 aromatic heterocycles. The van der Waals surface area contributed by atoms with Gasteiger partial charge >= 0.3 is 221 Å². The van der Waals surface area contributed by atoms with Gasteiger partial charge in [0.1, 0.15) is 0 Å². The average Bonchev–Trinajstić information content (AvgIpc) is 3.24. The Kier molecular flexibility index (Phi) is 93.9. The molecule has 0 fully saturated rings. The van der Waals surface area contributed by atoms with Gasteiger partial charge in [-0.2, -0.15) is 0 Å². The van der Waals surface area contributed by atoms with Crippen LogP contribution >= 0.6 is 17.8 Å². The summed E-state index contributed by atoms with van der Waals surface area (Å²) < 4.78 is 8.79. The quantitative estimate of drug-likeness (QED) is 0.0436. The third kappa shape index (κ3) is 127. The fourth-order valence-electron chi connectivity index (χ4n) is 5.61. The van der Waals surface area contributed by atoms with Gasteiger partial charge in [0, 0.05) is 23.9 Å². The third-order valence-electron chi connectivity index (χ3n) is 9.59. The summed E-state index contributed by atoms with van der Waals surface area (Å²) in [6, 6.07) is 0. The average molecular weight is 1290 g/mol. The van der Waals surface area contributed by atoms with Gasteiger partial charge in [0.25, 0.3) is 0 Å². The summed E-state index contributed by atoms with van der Waals surface area (Å²) in [7, 11) is 12.5. The van der Waals surface area contributed by atoms with E-state index >= 15 is 0 Å². The molecular weight excluding hydrogens is 1180 g/mol. The van der Waals surface area contributed by atoms with Crippen molar-refractivity contribution in [3.63, 3.8) is 0 Å². The first-order chi connectivity index (χ1) is 31.0. The Morgan fingerprint density at radius 3 is 0.708 bits per heavy atom. The molecule has 0 aromatic rings. The van der Waals surface area contributed by atoms with E-state index < -0.39 is 40.0 Å². The van der Waals surface area contributed by atoms with Gasteiger partial charge in [0.2, 0.25) is 0 Å². The normalized spacial score (nSPS) is 9.78. The Labute approximate surface area is 437 Å². The van der Waals surface area contributed by atoms with Crippen LogP contribution in [0, 0.1) is 0 Å². The summed E-state index contributed by atoms with van der Waals surface area (Å²) in [5.41, 5.74) is 0. The maximum absolute atomic E-state index is 10.1. The number of hydrogen-bond acceptors (Lipinski definition) is 8. The molecule has 0 bridgehead atoms. The minimum atomic E-state index is -2.49. The molecule has 13 heteroatoms. The summed E-state index contributed by atoms with van der Waals surface area (Å²) in [6.07, 6.45) is 38.9. The molecule has 0 saturated heterocycles. The second-order valence-electron chi connectivity index (χ2n) is 16.9. The number of hydrogen-bond donors (Lipinski definition) is 0. The van der Waals surface area contributed by atoms with Crippen molar-refractivity contribution in [2.45, 2.75) is 301 Å². The standard InChI is InChI=1S/2C12H24O2.6C4H9.2C2H4O2.2ClH.3Sn/c2*1-2-3-4-5-6-7-8-9-10-11-12(13)14;6*1-3-4-2;2*1-2(3)4;;;;;/h2*2-11H2,1H3,(H,13,14);6*1,3-4H2,2H3;2*1H3,(H,3,4);2*1H;;;/q;;;;;;;;;;;;3*+2/p-6. The second kappa shape index (κ2) is 76.3. The topological polar surface area (TPSA) is 161 Å². The molecule has 388 valence electrons. The van der Waals surface area contributed by atoms with Crippen molar-refractivity contribution < 1.29 is 39.6 Å². The molecule has 0 heterocycles. The van der Waals surface area contributed by atoms with E-state index in [0.29, 0.717) is 0 Å². The van der Waals surface area contributed by atoms with Crippen LogP contribution in [0.5, 0.6) is 0 Å². The molecule has 0 aliphatic heterocycles. The molecule has 0 aromatic carbocycles. The SMILES string of the molecule is CC(=O)[O-].CC(=O)[O-].CCCCCCCCCCCC(=O)[O-].CCCCCCCCCCCC(=O)[O-].CCC[CH2][Sn+2][CH2]CCC.CCC[CH2][Sn+2][CH2]CCC.CCC[CH2][Sn]([Cl])([Cl])[CH2]CCC. The Bertz CT molecular complexity index is 814. The number of unbranched alkanes of at least 4 members (excludes halogenated alkanes) is 22. The first kappa shape index (κ1) is 80.0. The number of halogens is 2. The van der Waals surface area contributed by atoms with E-state index in [1.807, 2.05) is 0 Å². The predicted octanol–water partition coefficient (Wildman–Crippen LogP) is 13.6. The molecule has 0 amide bonds. The molecule has 0 radical (unpaired) electrons. The fourth-order valence-corrected chi connectivity index (χ4v) is 23.2. The van der Waals surface area contributed by atoms with Crippen LogP contribution in [0.25, 0.3) is 0 Å². The molecule has 8 nitrogen and oxygen atoms in total. The van der Waals surface area contributed by atoms with Crippen molar-refractivity contribution >= 4 is 100 Å². The van der Waals surface area contributed by atoms with Gasteiger partial charge in [0.15, 0.2) is 0 Å². The predicted molar refractivity (Wildman–Crippen MR) is 282 cm³/mol. The van der Waals surface area contributed by atoms with E-state index in [1.165, 1.54) is 167 Å². The summed E-state index contributed by atoms with van der Waals surface area (Å²) in [5, 5.41) is 38.0. The van der Waals surface area contributed by atoms with Gasteiger partial charge in [-0.3, -0.25) is 0 Å². The first-order valence-corrected chi connectivity index (χ1v) is 45.8. The van der Waals surface area contributed by atoms with Gasteiger partial charge in [-0.05, 0) is 39.5 Å². The monoisotopic (exact) mass is 1290 g/mol. The van der Waals surface area contributed by atoms with E-state index in [2.05, 4.69) is 55.4 Å². The van der Waals surface area contributed by atoms with Crippen LogP contribution in [-0.4, -0.2) is 82.3 Å². The number of aliphatic carboxylic acids is 4. The van der Waals surface area contributed by atoms with E-state index in [4.69, 9.17) is 37.6 Å². The molecule has 0 rings (SSSR count). The summed E-state index contributed by atoms with van der Waals surface area (Å²) in [4.78, 5) is 38.0. The number of carbonyl (C=O) groups is 4. The Hall–Kier alpha value is 0.856. The Morgan fingerprint density at radius 1 is 0.338 bits per heavy atom. The van der Waals surface area contributed by atoms with Crippen LogP contribution in [0.3, 0.4) is 0 Å². The molecule has 0 saturated carbocycles. The van der Waals surface area contributed by atoms with Gasteiger partial charge in [0.05, 0.1) is 0 Å². The minimum absolute atomic E-state index is 0.149. The van der Waals surface area contributed by atoms with Crippen LogP contribution < -0.4 is 20.4 Å². The van der Waals surface area contributed by atoms with E-state index in [0.717, 1.165) is 48.4 Å². The zero-order valence-electron chi connectivity index (χ0n) is 44.4. The second-order valence-corrected chi connectivity index (χ2v) is 44.2. The van der Waals surface area contributed by atoms with E-state index in [9.17, 15) is 19.8 Å². The summed E-state index contributed by atoms with van der Waals surface area (Å²) in [5.74, 6) is -3.99. The molecule has 0 unspecified atom stereocenters. The zero-order chi connectivity index (χ0) is 51.1. The van der Waals surface area contributed by atoms with Crippen LogP contribution in [-0.2, 0) is 19.2 Å². The van der Waals surface area contributed by atoms with E-state index in [-0.39, 0.29) is 55.1 Å². The molecule has 0 atom stereocenters. The van der Waals surface area contributed by atoms with Crippen molar-refractivity contribution in [2.24, 2.45) is 0 Å². The van der Waals surface area contributed by atoms with Crippen LogP contribution in [0.4, 0.5) is 0 Å². The first-order valence-electron chi connectivity index (χ1n) is 26.5. The van der Waals surface area contributed by atoms with Crippen molar-refractivity contribution in [2.75, 3.05) is 0 Å². The zero-order valence-corrected chi connectivity index (χ0v) is 54.5. The van der Waals surface area contributed by atoms with Gasteiger partial charge in [-0.1, -0.05) is 117 Å². The number of rotatable bonds is 38. The molecule has 0 aliphatic rings. The van der Waals surface area contributed by atoms with Crippen molar-refractivity contribution in [1.82, 2.24) is 0 Å². The van der Waals surface area contributed by atoms with Crippen molar-refractivity contribution in [3.05, 3.63) is 0 Å². The number of carboxylic acid groups (broad SMARTS) is 4. The van der Waals surface area contributed by atoms with Crippen LogP contribution in [0.1, 0.15) is 275 Å². The molecular formula is C52H106Cl2O8Sn3. The van der Waals surface area contributed by atoms with Gasteiger partial charge < -0.3 is 39.6 Å². The molecule has 0 spiro atoms. The maximum atomic E-state index is 10.1. The third-order valence-corrected chi connectivity index (χ3v) is 28.9. The Morgan fingerprint density at radius 2 is 0.523 bits per heavy atom. The van der Waals surface area contributed by atoms with Gasteiger partial charge in [-0.25, -0.2) is 0 Å². The van der Waals surface area contributed by atoms with Gasteiger partial charge in [-0.15, -0.1) is 0 Å². The number of carboxylic acids is 4. The Balaban J connectivity index is -0.000000125.